The van der Waals surface area contributed by atoms with Gasteiger partial charge in [-0.3, -0.25) is 15.0 Å². The smallest absolute Gasteiger partial charge is 0.241 e. The zero-order valence-corrected chi connectivity index (χ0v) is 14.2. The number of halogens is 1. The number of rotatable bonds is 4. The summed E-state index contributed by atoms with van der Waals surface area (Å²) >= 11 is 0. The third-order valence-corrected chi connectivity index (χ3v) is 5.66. The van der Waals surface area contributed by atoms with Crippen molar-refractivity contribution in [1.82, 2.24) is 15.8 Å². The van der Waals surface area contributed by atoms with E-state index in [1.807, 2.05) is 0 Å². The SMILES string of the molecule is O=C(c1ccccc1F)[C@H]1CCCN(C(=O)C2CC(C3CC3)NN2)C1. The minimum Gasteiger partial charge on any atom is -0.341 e. The van der Waals surface area contributed by atoms with Crippen molar-refractivity contribution in [2.45, 2.75) is 44.2 Å². The molecule has 2 unspecified atom stereocenters. The summed E-state index contributed by atoms with van der Waals surface area (Å²) in [6.45, 7) is 1.06. The third kappa shape index (κ3) is 3.46. The van der Waals surface area contributed by atoms with E-state index >= 15 is 0 Å². The van der Waals surface area contributed by atoms with Crippen LogP contribution in [-0.2, 0) is 4.79 Å². The van der Waals surface area contributed by atoms with Gasteiger partial charge in [0.15, 0.2) is 5.78 Å². The Kier molecular flexibility index (Phi) is 4.56. The van der Waals surface area contributed by atoms with Gasteiger partial charge in [0, 0.05) is 25.0 Å². The molecule has 1 amide bonds. The number of carbonyl (C=O) groups is 2. The first-order chi connectivity index (χ1) is 12.1. The fraction of sp³-hybridized carbons (Fsp3) is 0.579. The molecule has 3 atom stereocenters. The lowest BCUT2D eigenvalue weighted by Crippen LogP contribution is -2.50. The summed E-state index contributed by atoms with van der Waals surface area (Å²) in [5.74, 6) is -0.235. The molecule has 1 aliphatic carbocycles. The van der Waals surface area contributed by atoms with E-state index in [-0.39, 0.29) is 29.2 Å². The first-order valence-corrected chi connectivity index (χ1v) is 9.22. The van der Waals surface area contributed by atoms with Crippen molar-refractivity contribution in [2.75, 3.05) is 13.1 Å². The standard InChI is InChI=1S/C19H24FN3O2/c20-15-6-2-1-5-14(15)18(24)13-4-3-9-23(11-13)19(25)17-10-16(21-22-17)12-7-8-12/h1-2,5-6,12-13,16-17,21-22H,3-4,7-11H2/t13-,16?,17?/m0/s1. The number of hydrogen-bond donors (Lipinski definition) is 2. The summed E-state index contributed by atoms with van der Waals surface area (Å²) in [5, 5.41) is 0. The van der Waals surface area contributed by atoms with Crippen molar-refractivity contribution in [3.8, 4) is 0 Å². The van der Waals surface area contributed by atoms with Gasteiger partial charge in [0.2, 0.25) is 5.91 Å². The van der Waals surface area contributed by atoms with Crippen LogP contribution in [0.25, 0.3) is 0 Å². The summed E-state index contributed by atoms with van der Waals surface area (Å²) in [7, 11) is 0. The molecule has 2 heterocycles. The van der Waals surface area contributed by atoms with Crippen LogP contribution in [0.2, 0.25) is 0 Å². The highest BCUT2D eigenvalue weighted by Gasteiger charge is 2.41. The Morgan fingerprint density at radius 2 is 1.92 bits per heavy atom. The highest BCUT2D eigenvalue weighted by Crippen LogP contribution is 2.36. The lowest BCUT2D eigenvalue weighted by Gasteiger charge is -2.33. The van der Waals surface area contributed by atoms with E-state index in [4.69, 9.17) is 0 Å². The van der Waals surface area contributed by atoms with Gasteiger partial charge in [0.1, 0.15) is 11.9 Å². The number of ketones is 1. The molecule has 1 aromatic rings. The molecule has 0 radical (unpaired) electrons. The van der Waals surface area contributed by atoms with Gasteiger partial charge in [-0.15, -0.1) is 0 Å². The Hall–Kier alpha value is -1.79. The van der Waals surface area contributed by atoms with Crippen molar-refractivity contribution in [3.05, 3.63) is 35.6 Å². The highest BCUT2D eigenvalue weighted by atomic mass is 19.1. The molecule has 4 rings (SSSR count). The van der Waals surface area contributed by atoms with Crippen molar-refractivity contribution in [1.29, 1.82) is 0 Å². The quantitative estimate of drug-likeness (QED) is 0.818. The van der Waals surface area contributed by atoms with Crippen molar-refractivity contribution < 1.29 is 14.0 Å². The molecule has 25 heavy (non-hydrogen) atoms. The Morgan fingerprint density at radius 1 is 1.12 bits per heavy atom. The number of likely N-dealkylation sites (tertiary alicyclic amines) is 1. The van der Waals surface area contributed by atoms with Crippen LogP contribution >= 0.6 is 0 Å². The van der Waals surface area contributed by atoms with Crippen LogP contribution in [0.3, 0.4) is 0 Å². The monoisotopic (exact) mass is 345 g/mol. The number of nitrogens with one attached hydrogen (secondary N) is 2. The van der Waals surface area contributed by atoms with Crippen LogP contribution in [0, 0.1) is 17.7 Å². The molecule has 0 bridgehead atoms. The molecule has 2 N–H and O–H groups in total. The second-order valence-electron chi connectivity index (χ2n) is 7.49. The highest BCUT2D eigenvalue weighted by molar-refractivity contribution is 5.98. The molecule has 3 fully saturated rings. The van der Waals surface area contributed by atoms with E-state index in [0.717, 1.165) is 12.8 Å². The molecule has 2 aliphatic heterocycles. The van der Waals surface area contributed by atoms with Crippen molar-refractivity contribution in [3.63, 3.8) is 0 Å². The lowest BCUT2D eigenvalue weighted by atomic mass is 9.89. The van der Waals surface area contributed by atoms with Gasteiger partial charge >= 0.3 is 0 Å². The molecular weight excluding hydrogens is 321 g/mol. The van der Waals surface area contributed by atoms with E-state index in [1.165, 1.54) is 25.0 Å². The molecule has 5 nitrogen and oxygen atoms in total. The van der Waals surface area contributed by atoms with E-state index < -0.39 is 5.82 Å². The van der Waals surface area contributed by atoms with Crippen LogP contribution in [0.4, 0.5) is 4.39 Å². The van der Waals surface area contributed by atoms with Crippen LogP contribution in [0.1, 0.15) is 42.5 Å². The maximum absolute atomic E-state index is 13.9. The lowest BCUT2D eigenvalue weighted by molar-refractivity contribution is -0.134. The van der Waals surface area contributed by atoms with Gasteiger partial charge in [-0.1, -0.05) is 12.1 Å². The van der Waals surface area contributed by atoms with Gasteiger partial charge in [-0.25, -0.2) is 9.82 Å². The van der Waals surface area contributed by atoms with Gasteiger partial charge in [-0.2, -0.15) is 0 Å². The Balaban J connectivity index is 1.40. The van der Waals surface area contributed by atoms with Gasteiger partial charge < -0.3 is 4.90 Å². The number of hydrazine groups is 1. The summed E-state index contributed by atoms with van der Waals surface area (Å²) in [4.78, 5) is 27.2. The second kappa shape index (κ2) is 6.84. The summed E-state index contributed by atoms with van der Waals surface area (Å²) < 4.78 is 13.9. The minimum absolute atomic E-state index is 0.0571. The Morgan fingerprint density at radius 3 is 2.68 bits per heavy atom. The predicted molar refractivity (Wildman–Crippen MR) is 91.2 cm³/mol. The number of hydrogen-bond acceptors (Lipinski definition) is 4. The fourth-order valence-corrected chi connectivity index (χ4v) is 4.04. The largest absolute Gasteiger partial charge is 0.341 e. The van der Waals surface area contributed by atoms with Crippen LogP contribution in [0.15, 0.2) is 24.3 Å². The van der Waals surface area contributed by atoms with Crippen LogP contribution in [-0.4, -0.2) is 41.8 Å². The molecule has 134 valence electrons. The summed E-state index contributed by atoms with van der Waals surface area (Å²) in [5.41, 5.74) is 6.50. The van der Waals surface area contributed by atoms with E-state index in [2.05, 4.69) is 10.9 Å². The van der Waals surface area contributed by atoms with E-state index in [1.54, 1.807) is 17.0 Å². The zero-order valence-electron chi connectivity index (χ0n) is 14.2. The topological polar surface area (TPSA) is 61.4 Å². The Bertz CT molecular complexity index is 676. The maximum Gasteiger partial charge on any atom is 0.241 e. The molecule has 0 aromatic heterocycles. The van der Waals surface area contributed by atoms with Gasteiger partial charge in [0.05, 0.1) is 5.56 Å². The van der Waals surface area contributed by atoms with E-state index in [0.29, 0.717) is 31.5 Å². The number of Topliss-reactive ketones (excluding diaryl/α,β-unsaturated/α-hetero) is 1. The minimum atomic E-state index is -0.482. The zero-order chi connectivity index (χ0) is 17.4. The number of piperidine rings is 1. The molecule has 2 saturated heterocycles. The van der Waals surface area contributed by atoms with Crippen LogP contribution < -0.4 is 10.9 Å². The number of benzene rings is 1. The third-order valence-electron chi connectivity index (χ3n) is 5.66. The van der Waals surface area contributed by atoms with Crippen molar-refractivity contribution >= 4 is 11.7 Å². The first kappa shape index (κ1) is 16.7. The molecule has 1 saturated carbocycles. The normalized spacial score (nSPS) is 29.6. The second-order valence-corrected chi connectivity index (χ2v) is 7.49. The molecular formula is C19H24FN3O2. The average Bonchev–Trinajstić information content (AvgIpc) is 3.38. The number of amides is 1. The maximum atomic E-state index is 13.9. The summed E-state index contributed by atoms with van der Waals surface area (Å²) in [6, 6.07) is 6.26. The molecule has 3 aliphatic rings. The Labute approximate surface area is 146 Å². The molecule has 1 aromatic carbocycles. The first-order valence-electron chi connectivity index (χ1n) is 9.22. The average molecular weight is 345 g/mol. The number of nitrogens with zero attached hydrogens (tertiary/aromatic N) is 1. The fourth-order valence-electron chi connectivity index (χ4n) is 4.04. The number of carbonyl (C=O) groups excluding carboxylic acids is 2. The summed E-state index contributed by atoms with van der Waals surface area (Å²) in [6.07, 6.45) is 4.78. The van der Waals surface area contributed by atoms with Gasteiger partial charge in [0.25, 0.3) is 0 Å². The van der Waals surface area contributed by atoms with E-state index in [9.17, 15) is 14.0 Å². The van der Waals surface area contributed by atoms with Crippen LogP contribution in [0.5, 0.6) is 0 Å². The predicted octanol–water partition coefficient (Wildman–Crippen LogP) is 1.89. The van der Waals surface area contributed by atoms with Gasteiger partial charge in [-0.05, 0) is 50.2 Å². The molecule has 0 spiro atoms. The molecule has 6 heteroatoms. The van der Waals surface area contributed by atoms with Crippen molar-refractivity contribution in [2.24, 2.45) is 11.8 Å².